The molecule has 0 N–H and O–H groups in total. The van der Waals surface area contributed by atoms with Crippen LogP contribution in [0.25, 0.3) is 0 Å². The Balaban J connectivity index is 2.52. The van der Waals surface area contributed by atoms with Crippen molar-refractivity contribution in [1.29, 1.82) is 0 Å². The van der Waals surface area contributed by atoms with Crippen molar-refractivity contribution in [2.24, 2.45) is 0 Å². The molecule has 16 heavy (non-hydrogen) atoms. The third-order valence-corrected chi connectivity index (χ3v) is 4.55. The maximum absolute atomic E-state index is 11.8. The summed E-state index contributed by atoms with van der Waals surface area (Å²) in [5.41, 5.74) is 2.02. The largest absolute Gasteiger partial charge is 0.296 e. The molecule has 0 bridgehead atoms. The van der Waals surface area contributed by atoms with Crippen LogP contribution in [0.5, 0.6) is 0 Å². The van der Waals surface area contributed by atoms with Gasteiger partial charge >= 0.3 is 0 Å². The molecule has 1 saturated carbocycles. The zero-order valence-electron chi connectivity index (χ0n) is 9.56. The Bertz CT molecular complexity index is 487. The standard InChI is InChI=1S/C12H16O3S/c1-9-6-7-12(16(13,14)15-2)11(8-9)10-4-3-5-10/h6-8,10H,3-5H2,1-2H3. The maximum Gasteiger partial charge on any atom is 0.296 e. The fourth-order valence-corrected chi connectivity index (χ4v) is 2.95. The van der Waals surface area contributed by atoms with Crippen LogP contribution in [0.2, 0.25) is 0 Å². The predicted molar refractivity (Wildman–Crippen MR) is 62.0 cm³/mol. The van der Waals surface area contributed by atoms with Gasteiger partial charge in [-0.2, -0.15) is 8.42 Å². The van der Waals surface area contributed by atoms with Gasteiger partial charge in [-0.15, -0.1) is 0 Å². The molecule has 4 heteroatoms. The van der Waals surface area contributed by atoms with Crippen LogP contribution in [-0.2, 0) is 14.3 Å². The Morgan fingerprint density at radius 3 is 2.50 bits per heavy atom. The van der Waals surface area contributed by atoms with Gasteiger partial charge in [0.2, 0.25) is 0 Å². The van der Waals surface area contributed by atoms with E-state index in [4.69, 9.17) is 0 Å². The third kappa shape index (κ3) is 1.99. The van der Waals surface area contributed by atoms with Crippen molar-refractivity contribution in [2.75, 3.05) is 7.11 Å². The van der Waals surface area contributed by atoms with Crippen LogP contribution < -0.4 is 0 Å². The van der Waals surface area contributed by atoms with Gasteiger partial charge in [-0.05, 0) is 37.3 Å². The van der Waals surface area contributed by atoms with Crippen molar-refractivity contribution in [1.82, 2.24) is 0 Å². The highest BCUT2D eigenvalue weighted by Gasteiger charge is 2.27. The Morgan fingerprint density at radius 1 is 1.31 bits per heavy atom. The van der Waals surface area contributed by atoms with Gasteiger partial charge in [0.25, 0.3) is 10.1 Å². The number of hydrogen-bond donors (Lipinski definition) is 0. The lowest BCUT2D eigenvalue weighted by molar-refractivity contribution is 0.387. The molecule has 3 nitrogen and oxygen atoms in total. The summed E-state index contributed by atoms with van der Waals surface area (Å²) in [7, 11) is -2.36. The van der Waals surface area contributed by atoms with Gasteiger partial charge in [-0.25, -0.2) is 0 Å². The second kappa shape index (κ2) is 4.18. The van der Waals surface area contributed by atoms with Gasteiger partial charge in [0.15, 0.2) is 0 Å². The first-order chi connectivity index (χ1) is 7.54. The molecular formula is C12H16O3S. The Labute approximate surface area is 96.6 Å². The summed E-state index contributed by atoms with van der Waals surface area (Å²) < 4.78 is 28.1. The first-order valence-corrected chi connectivity index (χ1v) is 6.86. The van der Waals surface area contributed by atoms with E-state index in [9.17, 15) is 8.42 Å². The first kappa shape index (κ1) is 11.6. The van der Waals surface area contributed by atoms with Crippen molar-refractivity contribution >= 4 is 10.1 Å². The van der Waals surface area contributed by atoms with Crippen LogP contribution in [0, 0.1) is 6.92 Å². The lowest BCUT2D eigenvalue weighted by Crippen LogP contribution is -2.15. The number of rotatable bonds is 3. The summed E-state index contributed by atoms with van der Waals surface area (Å²) in [6, 6.07) is 5.44. The lowest BCUT2D eigenvalue weighted by Gasteiger charge is -2.27. The van der Waals surface area contributed by atoms with Gasteiger partial charge in [0.1, 0.15) is 0 Å². The van der Waals surface area contributed by atoms with Crippen LogP contribution in [-0.4, -0.2) is 15.5 Å². The maximum atomic E-state index is 11.8. The normalized spacial score (nSPS) is 17.1. The zero-order chi connectivity index (χ0) is 11.8. The van der Waals surface area contributed by atoms with E-state index in [1.54, 1.807) is 6.07 Å². The molecular weight excluding hydrogens is 224 g/mol. The van der Waals surface area contributed by atoms with E-state index in [2.05, 4.69) is 4.18 Å². The van der Waals surface area contributed by atoms with Crippen molar-refractivity contribution in [3.63, 3.8) is 0 Å². The van der Waals surface area contributed by atoms with E-state index in [1.807, 2.05) is 19.1 Å². The molecule has 1 aromatic carbocycles. The molecule has 0 spiro atoms. The minimum atomic E-state index is -3.57. The van der Waals surface area contributed by atoms with E-state index in [1.165, 1.54) is 13.5 Å². The van der Waals surface area contributed by atoms with Crippen molar-refractivity contribution in [3.8, 4) is 0 Å². The van der Waals surface area contributed by atoms with Gasteiger partial charge in [0, 0.05) is 0 Å². The number of aryl methyl sites for hydroxylation is 1. The second-order valence-corrected chi connectivity index (χ2v) is 5.97. The summed E-state index contributed by atoms with van der Waals surface area (Å²) in [6.45, 7) is 1.98. The fourth-order valence-electron chi connectivity index (χ4n) is 2.02. The molecule has 1 aromatic rings. The van der Waals surface area contributed by atoms with Gasteiger partial charge in [0.05, 0.1) is 12.0 Å². The van der Waals surface area contributed by atoms with Crippen LogP contribution in [0.3, 0.4) is 0 Å². The molecule has 0 atom stereocenters. The number of benzene rings is 1. The molecule has 0 heterocycles. The van der Waals surface area contributed by atoms with Crippen molar-refractivity contribution < 1.29 is 12.6 Å². The van der Waals surface area contributed by atoms with Crippen LogP contribution >= 0.6 is 0 Å². The average molecular weight is 240 g/mol. The second-order valence-electron chi connectivity index (χ2n) is 4.29. The monoisotopic (exact) mass is 240 g/mol. The smallest absolute Gasteiger partial charge is 0.270 e. The number of hydrogen-bond acceptors (Lipinski definition) is 3. The molecule has 0 radical (unpaired) electrons. The summed E-state index contributed by atoms with van der Waals surface area (Å²) in [4.78, 5) is 0.338. The summed E-state index contributed by atoms with van der Waals surface area (Å²) in [5.74, 6) is 0.389. The minimum Gasteiger partial charge on any atom is -0.270 e. The van der Waals surface area contributed by atoms with Crippen LogP contribution in [0.15, 0.2) is 23.1 Å². The zero-order valence-corrected chi connectivity index (χ0v) is 10.4. The molecule has 88 valence electrons. The fraction of sp³-hybridized carbons (Fsp3) is 0.500. The summed E-state index contributed by atoms with van der Waals surface area (Å²) >= 11 is 0. The van der Waals surface area contributed by atoms with Crippen molar-refractivity contribution in [2.45, 2.75) is 37.0 Å². The van der Waals surface area contributed by atoms with E-state index < -0.39 is 10.1 Å². The highest BCUT2D eigenvalue weighted by atomic mass is 32.2. The van der Waals surface area contributed by atoms with Crippen LogP contribution in [0.4, 0.5) is 0 Å². The molecule has 2 rings (SSSR count). The third-order valence-electron chi connectivity index (χ3n) is 3.20. The quantitative estimate of drug-likeness (QED) is 0.763. The highest BCUT2D eigenvalue weighted by molar-refractivity contribution is 7.86. The van der Waals surface area contributed by atoms with Gasteiger partial charge in [-0.3, -0.25) is 4.18 Å². The molecule has 0 aliphatic heterocycles. The SMILES string of the molecule is COS(=O)(=O)c1ccc(C)cc1C1CCC1. The summed E-state index contributed by atoms with van der Waals surface area (Å²) in [5, 5.41) is 0. The van der Waals surface area contributed by atoms with E-state index in [-0.39, 0.29) is 0 Å². The predicted octanol–water partition coefficient (Wildman–Crippen LogP) is 2.60. The van der Waals surface area contributed by atoms with E-state index >= 15 is 0 Å². The van der Waals surface area contributed by atoms with E-state index in [0.717, 1.165) is 24.0 Å². The molecule has 0 saturated heterocycles. The molecule has 1 fully saturated rings. The first-order valence-electron chi connectivity index (χ1n) is 5.46. The highest BCUT2D eigenvalue weighted by Crippen LogP contribution is 2.39. The Hall–Kier alpha value is -0.870. The van der Waals surface area contributed by atoms with Crippen LogP contribution in [0.1, 0.15) is 36.3 Å². The Morgan fingerprint density at radius 2 is 2.00 bits per heavy atom. The Kier molecular flexibility index (Phi) is 3.04. The molecule has 1 aliphatic carbocycles. The molecule has 0 unspecified atom stereocenters. The molecule has 0 amide bonds. The van der Waals surface area contributed by atoms with Crippen molar-refractivity contribution in [3.05, 3.63) is 29.3 Å². The average Bonchev–Trinajstić information content (AvgIpc) is 2.15. The lowest BCUT2D eigenvalue weighted by atomic mass is 9.80. The summed E-state index contributed by atoms with van der Waals surface area (Å²) in [6.07, 6.45) is 3.34. The van der Waals surface area contributed by atoms with Gasteiger partial charge < -0.3 is 0 Å². The molecule has 1 aliphatic rings. The van der Waals surface area contributed by atoms with Gasteiger partial charge in [-0.1, -0.05) is 24.1 Å². The topological polar surface area (TPSA) is 43.4 Å². The minimum absolute atomic E-state index is 0.338. The molecule has 0 aromatic heterocycles. The van der Waals surface area contributed by atoms with E-state index in [0.29, 0.717) is 10.8 Å².